The van der Waals surface area contributed by atoms with Crippen molar-refractivity contribution in [3.8, 4) is 0 Å². The van der Waals surface area contributed by atoms with Crippen LogP contribution in [0.5, 0.6) is 0 Å². The molecular weight excluding hydrogens is 110 g/mol. The zero-order valence-electron chi connectivity index (χ0n) is 7.10. The lowest BCUT2D eigenvalue weighted by Gasteiger charge is -2.19. The first-order chi connectivity index (χ1) is 4.09. The molecular formula is C8H17N. The molecule has 0 aliphatic carbocycles. The van der Waals surface area contributed by atoms with Gasteiger partial charge in [-0.3, -0.25) is 0 Å². The Morgan fingerprint density at radius 3 is 1.78 bits per heavy atom. The molecule has 0 fully saturated rings. The van der Waals surface area contributed by atoms with Crippen molar-refractivity contribution < 1.29 is 0 Å². The summed E-state index contributed by atoms with van der Waals surface area (Å²) in [4.78, 5) is 2.16. The summed E-state index contributed by atoms with van der Waals surface area (Å²) < 4.78 is 0. The average Bonchev–Trinajstić information content (AvgIpc) is 1.64. The molecule has 0 aliphatic heterocycles. The lowest BCUT2D eigenvalue weighted by Crippen LogP contribution is -2.15. The predicted molar refractivity (Wildman–Crippen MR) is 42.3 cm³/mol. The normalized spacial score (nSPS) is 12.4. The van der Waals surface area contributed by atoms with E-state index in [4.69, 9.17) is 0 Å². The van der Waals surface area contributed by atoms with E-state index in [9.17, 15) is 0 Å². The minimum Gasteiger partial charge on any atom is -0.381 e. The third-order valence-electron chi connectivity index (χ3n) is 1.40. The van der Waals surface area contributed by atoms with Crippen LogP contribution >= 0.6 is 0 Å². The maximum atomic E-state index is 2.20. The van der Waals surface area contributed by atoms with E-state index < -0.39 is 0 Å². The maximum absolute atomic E-state index is 2.20. The molecule has 0 saturated carbocycles. The first-order valence-corrected chi connectivity index (χ1v) is 3.43. The molecule has 1 nitrogen and oxygen atoms in total. The number of rotatable bonds is 2. The summed E-state index contributed by atoms with van der Waals surface area (Å²) in [6, 6.07) is 0. The molecule has 0 aliphatic rings. The van der Waals surface area contributed by atoms with Crippen LogP contribution in [-0.4, -0.2) is 19.0 Å². The van der Waals surface area contributed by atoms with Crippen LogP contribution in [0.15, 0.2) is 11.8 Å². The van der Waals surface area contributed by atoms with Crippen LogP contribution in [0, 0.1) is 5.92 Å². The molecule has 0 radical (unpaired) electrons. The SMILES string of the molecule is C/C=C(/C(C)C)N(C)C. The van der Waals surface area contributed by atoms with E-state index in [2.05, 4.69) is 45.8 Å². The standard InChI is InChI=1S/C8H17N/c1-6-8(7(2)3)9(4)5/h6-7H,1-5H3/b8-6-. The van der Waals surface area contributed by atoms with Crippen LogP contribution in [0.4, 0.5) is 0 Å². The lowest BCUT2D eigenvalue weighted by atomic mass is 10.1. The molecule has 1 heteroatoms. The van der Waals surface area contributed by atoms with Gasteiger partial charge in [0.15, 0.2) is 0 Å². The van der Waals surface area contributed by atoms with Crippen LogP contribution in [0.1, 0.15) is 20.8 Å². The number of hydrogen-bond donors (Lipinski definition) is 0. The maximum Gasteiger partial charge on any atom is 0.0110 e. The van der Waals surface area contributed by atoms with Crippen LogP contribution in [0.25, 0.3) is 0 Å². The topological polar surface area (TPSA) is 3.24 Å². The van der Waals surface area contributed by atoms with Gasteiger partial charge in [0.2, 0.25) is 0 Å². The largest absolute Gasteiger partial charge is 0.381 e. The highest BCUT2D eigenvalue weighted by Crippen LogP contribution is 2.10. The summed E-state index contributed by atoms with van der Waals surface area (Å²) in [7, 11) is 4.16. The molecule has 0 N–H and O–H groups in total. The van der Waals surface area contributed by atoms with Crippen molar-refractivity contribution >= 4 is 0 Å². The van der Waals surface area contributed by atoms with Crippen LogP contribution < -0.4 is 0 Å². The first kappa shape index (κ1) is 8.54. The first-order valence-electron chi connectivity index (χ1n) is 3.43. The molecule has 0 saturated heterocycles. The van der Waals surface area contributed by atoms with Crippen molar-refractivity contribution in [1.29, 1.82) is 0 Å². The van der Waals surface area contributed by atoms with Gasteiger partial charge in [0, 0.05) is 19.8 Å². The molecule has 0 bridgehead atoms. The summed E-state index contributed by atoms with van der Waals surface area (Å²) in [6.07, 6.45) is 2.16. The average molecular weight is 127 g/mol. The van der Waals surface area contributed by atoms with Gasteiger partial charge in [-0.2, -0.15) is 0 Å². The lowest BCUT2D eigenvalue weighted by molar-refractivity contribution is 0.445. The van der Waals surface area contributed by atoms with Crippen molar-refractivity contribution in [3.05, 3.63) is 11.8 Å². The van der Waals surface area contributed by atoms with Crippen molar-refractivity contribution in [2.45, 2.75) is 20.8 Å². The number of hydrogen-bond acceptors (Lipinski definition) is 1. The summed E-state index contributed by atoms with van der Waals surface area (Å²) in [5, 5.41) is 0. The predicted octanol–water partition coefficient (Wildman–Crippen LogP) is 2.11. The highest BCUT2D eigenvalue weighted by Gasteiger charge is 2.01. The Balaban J connectivity index is 4.01. The molecule has 0 spiro atoms. The molecule has 0 aromatic rings. The Kier molecular flexibility index (Phi) is 3.36. The Labute approximate surface area is 58.4 Å². The highest BCUT2D eigenvalue weighted by molar-refractivity contribution is 4.99. The fourth-order valence-corrected chi connectivity index (χ4v) is 1.11. The summed E-state index contributed by atoms with van der Waals surface area (Å²) in [5.74, 6) is 0.644. The number of allylic oxidation sites excluding steroid dienone is 2. The monoisotopic (exact) mass is 127 g/mol. The van der Waals surface area contributed by atoms with E-state index in [0.717, 1.165) is 0 Å². The van der Waals surface area contributed by atoms with Gasteiger partial charge in [0.1, 0.15) is 0 Å². The van der Waals surface area contributed by atoms with Crippen LogP contribution in [-0.2, 0) is 0 Å². The Hall–Kier alpha value is -0.460. The second kappa shape index (κ2) is 3.54. The van der Waals surface area contributed by atoms with Gasteiger partial charge >= 0.3 is 0 Å². The zero-order chi connectivity index (χ0) is 7.44. The summed E-state index contributed by atoms with van der Waals surface area (Å²) in [6.45, 7) is 6.49. The molecule has 0 heterocycles. The van der Waals surface area contributed by atoms with Crippen LogP contribution in [0.3, 0.4) is 0 Å². The third-order valence-corrected chi connectivity index (χ3v) is 1.40. The Bertz CT molecular complexity index is 91.1. The fraction of sp³-hybridized carbons (Fsp3) is 0.750. The molecule has 0 amide bonds. The molecule has 0 rings (SSSR count). The van der Waals surface area contributed by atoms with E-state index in [-0.39, 0.29) is 0 Å². The highest BCUT2D eigenvalue weighted by atomic mass is 15.1. The van der Waals surface area contributed by atoms with E-state index in [1.807, 2.05) is 0 Å². The fourth-order valence-electron chi connectivity index (χ4n) is 1.11. The van der Waals surface area contributed by atoms with Gasteiger partial charge in [-0.1, -0.05) is 19.9 Å². The smallest absolute Gasteiger partial charge is 0.0110 e. The second-order valence-electron chi connectivity index (χ2n) is 2.76. The molecule has 0 aromatic heterocycles. The molecule has 0 aromatic carbocycles. The Morgan fingerprint density at radius 2 is 1.78 bits per heavy atom. The van der Waals surface area contributed by atoms with Gasteiger partial charge < -0.3 is 4.90 Å². The van der Waals surface area contributed by atoms with Crippen LogP contribution in [0.2, 0.25) is 0 Å². The Morgan fingerprint density at radius 1 is 1.33 bits per heavy atom. The minimum atomic E-state index is 0.644. The second-order valence-corrected chi connectivity index (χ2v) is 2.76. The van der Waals surface area contributed by atoms with Gasteiger partial charge in [0.25, 0.3) is 0 Å². The van der Waals surface area contributed by atoms with Crippen molar-refractivity contribution in [1.82, 2.24) is 4.90 Å². The number of nitrogens with zero attached hydrogens (tertiary/aromatic N) is 1. The third kappa shape index (κ3) is 2.54. The van der Waals surface area contributed by atoms with E-state index in [1.54, 1.807) is 0 Å². The van der Waals surface area contributed by atoms with Gasteiger partial charge in [-0.05, 0) is 12.8 Å². The molecule has 0 unspecified atom stereocenters. The van der Waals surface area contributed by atoms with Gasteiger partial charge in [-0.25, -0.2) is 0 Å². The van der Waals surface area contributed by atoms with Crippen molar-refractivity contribution in [2.75, 3.05) is 14.1 Å². The summed E-state index contributed by atoms with van der Waals surface area (Å²) in [5.41, 5.74) is 1.40. The van der Waals surface area contributed by atoms with Gasteiger partial charge in [-0.15, -0.1) is 0 Å². The minimum absolute atomic E-state index is 0.644. The molecule has 9 heavy (non-hydrogen) atoms. The van der Waals surface area contributed by atoms with E-state index >= 15 is 0 Å². The van der Waals surface area contributed by atoms with Crippen molar-refractivity contribution in [2.24, 2.45) is 5.92 Å². The quantitative estimate of drug-likeness (QED) is 0.549. The van der Waals surface area contributed by atoms with Gasteiger partial charge in [0.05, 0.1) is 0 Å². The van der Waals surface area contributed by atoms with E-state index in [1.165, 1.54) is 5.70 Å². The molecule has 0 atom stereocenters. The molecule has 54 valence electrons. The summed E-state index contributed by atoms with van der Waals surface area (Å²) >= 11 is 0. The van der Waals surface area contributed by atoms with E-state index in [0.29, 0.717) is 5.92 Å². The van der Waals surface area contributed by atoms with Crippen molar-refractivity contribution in [3.63, 3.8) is 0 Å². The zero-order valence-corrected chi connectivity index (χ0v) is 7.10.